The van der Waals surface area contributed by atoms with Crippen LogP contribution in [0.25, 0.3) is 0 Å². The van der Waals surface area contributed by atoms with Gasteiger partial charge in [-0.2, -0.15) is 13.2 Å². The summed E-state index contributed by atoms with van der Waals surface area (Å²) in [5.74, 6) is -0.804. The van der Waals surface area contributed by atoms with Crippen LogP contribution in [0, 0.1) is 0 Å². The fraction of sp³-hybridized carbons (Fsp3) is 0.375. The van der Waals surface area contributed by atoms with Gasteiger partial charge in [-0.1, -0.05) is 0 Å². The SMILES string of the molecule is CCOc1ncc(C(F)(F)F)cc1O. The lowest BCUT2D eigenvalue weighted by molar-refractivity contribution is -0.138. The minimum atomic E-state index is -4.50. The van der Waals surface area contributed by atoms with Gasteiger partial charge in [-0.3, -0.25) is 0 Å². The first-order valence-corrected chi connectivity index (χ1v) is 3.84. The van der Waals surface area contributed by atoms with Crippen molar-refractivity contribution in [1.29, 1.82) is 0 Å². The molecule has 6 heteroatoms. The summed E-state index contributed by atoms with van der Waals surface area (Å²) in [7, 11) is 0. The number of hydrogen-bond donors (Lipinski definition) is 1. The van der Waals surface area contributed by atoms with Crippen LogP contribution in [0.3, 0.4) is 0 Å². The highest BCUT2D eigenvalue weighted by Gasteiger charge is 2.31. The van der Waals surface area contributed by atoms with E-state index in [1.54, 1.807) is 6.92 Å². The van der Waals surface area contributed by atoms with Gasteiger partial charge in [0.05, 0.1) is 12.2 Å². The standard InChI is InChI=1S/C8H8F3NO2/c1-2-14-7-6(13)3-5(4-12-7)8(9,10)11/h3-4,13H,2H2,1H3. The van der Waals surface area contributed by atoms with Crippen LogP contribution in [-0.2, 0) is 6.18 Å². The molecule has 78 valence electrons. The first-order chi connectivity index (χ1) is 6.45. The molecule has 0 aliphatic heterocycles. The molecule has 1 N–H and O–H groups in total. The summed E-state index contributed by atoms with van der Waals surface area (Å²) >= 11 is 0. The summed E-state index contributed by atoms with van der Waals surface area (Å²) in [6.07, 6.45) is -3.89. The fourth-order valence-corrected chi connectivity index (χ4v) is 0.844. The minimum Gasteiger partial charge on any atom is -0.503 e. The van der Waals surface area contributed by atoms with Crippen molar-refractivity contribution in [3.63, 3.8) is 0 Å². The second kappa shape index (κ2) is 3.73. The van der Waals surface area contributed by atoms with E-state index in [0.717, 1.165) is 0 Å². The van der Waals surface area contributed by atoms with Crippen LogP contribution >= 0.6 is 0 Å². The van der Waals surface area contributed by atoms with Crippen LogP contribution in [0.15, 0.2) is 12.3 Å². The second-order valence-electron chi connectivity index (χ2n) is 2.48. The first kappa shape index (κ1) is 10.6. The molecule has 3 nitrogen and oxygen atoms in total. The highest BCUT2D eigenvalue weighted by Crippen LogP contribution is 2.33. The van der Waals surface area contributed by atoms with Crippen molar-refractivity contribution in [2.24, 2.45) is 0 Å². The predicted octanol–water partition coefficient (Wildman–Crippen LogP) is 2.20. The van der Waals surface area contributed by atoms with Crippen LogP contribution in [0.4, 0.5) is 13.2 Å². The molecule has 1 rings (SSSR count). The van der Waals surface area contributed by atoms with Gasteiger partial charge in [0.2, 0.25) is 0 Å². The van der Waals surface area contributed by atoms with Crippen molar-refractivity contribution in [1.82, 2.24) is 4.98 Å². The lowest BCUT2D eigenvalue weighted by Crippen LogP contribution is -2.06. The van der Waals surface area contributed by atoms with Gasteiger partial charge in [-0.15, -0.1) is 0 Å². The van der Waals surface area contributed by atoms with Gasteiger partial charge in [0.15, 0.2) is 5.75 Å². The van der Waals surface area contributed by atoms with E-state index < -0.39 is 17.5 Å². The maximum absolute atomic E-state index is 12.1. The summed E-state index contributed by atoms with van der Waals surface area (Å²) < 4.78 is 41.1. The Hall–Kier alpha value is -1.46. The monoisotopic (exact) mass is 207 g/mol. The summed E-state index contributed by atoms with van der Waals surface area (Å²) in [4.78, 5) is 3.34. The van der Waals surface area contributed by atoms with Gasteiger partial charge < -0.3 is 9.84 Å². The number of ether oxygens (including phenoxy) is 1. The number of pyridine rings is 1. The molecule has 1 heterocycles. The molecule has 0 aliphatic rings. The molecule has 0 saturated carbocycles. The molecule has 0 fully saturated rings. The lowest BCUT2D eigenvalue weighted by Gasteiger charge is -2.08. The zero-order valence-corrected chi connectivity index (χ0v) is 7.30. The zero-order chi connectivity index (χ0) is 10.8. The lowest BCUT2D eigenvalue weighted by atomic mass is 10.2. The Morgan fingerprint density at radius 3 is 2.57 bits per heavy atom. The molecule has 0 aromatic carbocycles. The number of aromatic nitrogens is 1. The smallest absolute Gasteiger partial charge is 0.418 e. The van der Waals surface area contributed by atoms with E-state index in [2.05, 4.69) is 4.98 Å². The van der Waals surface area contributed by atoms with E-state index >= 15 is 0 Å². The van der Waals surface area contributed by atoms with E-state index in [-0.39, 0.29) is 12.5 Å². The third-order valence-electron chi connectivity index (χ3n) is 1.44. The molecular weight excluding hydrogens is 199 g/mol. The van der Waals surface area contributed by atoms with Crippen LogP contribution in [0.5, 0.6) is 11.6 Å². The molecule has 0 amide bonds. The maximum Gasteiger partial charge on any atom is 0.418 e. The number of rotatable bonds is 2. The molecule has 0 radical (unpaired) electrons. The third kappa shape index (κ3) is 2.27. The average Bonchev–Trinajstić information content (AvgIpc) is 2.07. The third-order valence-corrected chi connectivity index (χ3v) is 1.44. The molecule has 0 unspecified atom stereocenters. The van der Waals surface area contributed by atoms with Crippen molar-refractivity contribution < 1.29 is 23.0 Å². The van der Waals surface area contributed by atoms with Gasteiger partial charge in [-0.05, 0) is 13.0 Å². The second-order valence-corrected chi connectivity index (χ2v) is 2.48. The number of hydrogen-bond acceptors (Lipinski definition) is 3. The largest absolute Gasteiger partial charge is 0.503 e. The predicted molar refractivity (Wildman–Crippen MR) is 42.1 cm³/mol. The van der Waals surface area contributed by atoms with Gasteiger partial charge in [0.25, 0.3) is 5.88 Å². The Kier molecular flexibility index (Phi) is 2.83. The highest BCUT2D eigenvalue weighted by atomic mass is 19.4. The number of aromatic hydroxyl groups is 1. The normalized spacial score (nSPS) is 11.4. The van der Waals surface area contributed by atoms with Crippen molar-refractivity contribution in [3.8, 4) is 11.6 Å². The van der Waals surface area contributed by atoms with Crippen molar-refractivity contribution in [2.75, 3.05) is 6.61 Å². The first-order valence-electron chi connectivity index (χ1n) is 3.84. The van der Waals surface area contributed by atoms with Crippen molar-refractivity contribution in [3.05, 3.63) is 17.8 Å². The topological polar surface area (TPSA) is 42.4 Å². The van der Waals surface area contributed by atoms with Crippen LogP contribution in [0.1, 0.15) is 12.5 Å². The molecule has 0 aliphatic carbocycles. The van der Waals surface area contributed by atoms with Crippen molar-refractivity contribution in [2.45, 2.75) is 13.1 Å². The molecule has 0 spiro atoms. The maximum atomic E-state index is 12.1. The molecule has 0 saturated heterocycles. The van der Waals surface area contributed by atoms with Gasteiger partial charge in [-0.25, -0.2) is 4.98 Å². The van der Waals surface area contributed by atoms with E-state index in [4.69, 9.17) is 9.84 Å². The van der Waals surface area contributed by atoms with E-state index in [0.29, 0.717) is 12.3 Å². The van der Waals surface area contributed by atoms with Gasteiger partial charge in [0, 0.05) is 6.20 Å². The highest BCUT2D eigenvalue weighted by molar-refractivity contribution is 5.35. The van der Waals surface area contributed by atoms with Crippen LogP contribution < -0.4 is 4.74 Å². The average molecular weight is 207 g/mol. The van der Waals surface area contributed by atoms with Crippen molar-refractivity contribution >= 4 is 0 Å². The van der Waals surface area contributed by atoms with E-state index in [9.17, 15) is 13.2 Å². The van der Waals surface area contributed by atoms with Crippen LogP contribution in [-0.4, -0.2) is 16.7 Å². The Balaban J connectivity index is 3.01. The molecule has 1 aromatic heterocycles. The molecule has 1 aromatic rings. The number of halogens is 3. The number of nitrogens with zero attached hydrogens (tertiary/aromatic N) is 1. The molecule has 0 atom stereocenters. The van der Waals surface area contributed by atoms with E-state index in [1.165, 1.54) is 0 Å². The Labute approximate surface area is 78.2 Å². The molecule has 0 bridgehead atoms. The van der Waals surface area contributed by atoms with Crippen LogP contribution in [0.2, 0.25) is 0 Å². The summed E-state index contributed by atoms with van der Waals surface area (Å²) in [6.45, 7) is 1.87. The van der Waals surface area contributed by atoms with E-state index in [1.807, 2.05) is 0 Å². The summed E-state index contributed by atoms with van der Waals surface area (Å²) in [5, 5.41) is 9.10. The fourth-order valence-electron chi connectivity index (χ4n) is 0.844. The quantitative estimate of drug-likeness (QED) is 0.808. The summed E-state index contributed by atoms with van der Waals surface area (Å²) in [6, 6.07) is 0.581. The zero-order valence-electron chi connectivity index (χ0n) is 7.30. The Morgan fingerprint density at radius 2 is 2.14 bits per heavy atom. The summed E-state index contributed by atoms with van der Waals surface area (Å²) in [5.41, 5.74) is -1.00. The minimum absolute atomic E-state index is 0.194. The molecular formula is C8H8F3NO2. The van der Waals surface area contributed by atoms with Gasteiger partial charge >= 0.3 is 6.18 Å². The van der Waals surface area contributed by atoms with Gasteiger partial charge in [0.1, 0.15) is 0 Å². The Morgan fingerprint density at radius 1 is 1.50 bits per heavy atom. The molecule has 14 heavy (non-hydrogen) atoms. The Bertz CT molecular complexity index is 325. The number of alkyl halides is 3.